The molecule has 0 bridgehead atoms. The number of furan rings is 1. The Balaban J connectivity index is 1.49. The van der Waals surface area contributed by atoms with Crippen LogP contribution in [-0.2, 0) is 21.2 Å². The molecule has 2 aliphatic rings. The Bertz CT molecular complexity index is 1110. The smallest absolute Gasteiger partial charge is 0.310 e. The van der Waals surface area contributed by atoms with Crippen LogP contribution < -0.4 is 9.64 Å². The van der Waals surface area contributed by atoms with Gasteiger partial charge < -0.3 is 19.0 Å². The molecule has 0 saturated carbocycles. The molecule has 0 radical (unpaired) electrons. The highest BCUT2D eigenvalue weighted by Gasteiger charge is 2.35. The predicted octanol–water partition coefficient (Wildman–Crippen LogP) is 2.77. The molecule has 10 nitrogen and oxygen atoms in total. The van der Waals surface area contributed by atoms with E-state index in [1.807, 2.05) is 6.07 Å². The first-order valence-electron chi connectivity index (χ1n) is 11.0. The number of nitrogens with zero attached hydrogens (tertiary/aromatic N) is 3. The Hall–Kier alpha value is -3.08. The van der Waals surface area contributed by atoms with Gasteiger partial charge in [0.2, 0.25) is 0 Å². The number of carbonyl (C=O) groups is 1. The minimum Gasteiger partial charge on any atom is -0.477 e. The molecular formula is C22H27N3O7S. The van der Waals surface area contributed by atoms with Crippen molar-refractivity contribution in [3.05, 3.63) is 52.3 Å². The normalized spacial score (nSPS) is 19.9. The SMILES string of the molecule is O=C(COc1ccccc1[N+](=O)[O-])N(Cc1ccc(N2CCCCC2)o1)C1CCS(=O)(=O)C1. The first kappa shape index (κ1) is 23.1. The minimum absolute atomic E-state index is 0.0137. The van der Waals surface area contributed by atoms with E-state index >= 15 is 0 Å². The first-order valence-corrected chi connectivity index (χ1v) is 12.8. The summed E-state index contributed by atoms with van der Waals surface area (Å²) < 4.78 is 35.6. The van der Waals surface area contributed by atoms with E-state index in [4.69, 9.17) is 9.15 Å². The van der Waals surface area contributed by atoms with Crippen molar-refractivity contribution in [1.29, 1.82) is 0 Å². The Labute approximate surface area is 192 Å². The molecule has 0 N–H and O–H groups in total. The summed E-state index contributed by atoms with van der Waals surface area (Å²) in [7, 11) is -3.23. The van der Waals surface area contributed by atoms with Gasteiger partial charge in [-0.1, -0.05) is 12.1 Å². The summed E-state index contributed by atoms with van der Waals surface area (Å²) in [5, 5.41) is 11.2. The number of nitro groups is 1. The van der Waals surface area contributed by atoms with Crippen LogP contribution in [0.2, 0.25) is 0 Å². The third kappa shape index (κ3) is 5.65. The van der Waals surface area contributed by atoms with Gasteiger partial charge in [-0.2, -0.15) is 0 Å². The average molecular weight is 478 g/mol. The van der Waals surface area contributed by atoms with E-state index in [2.05, 4.69) is 4.90 Å². The summed E-state index contributed by atoms with van der Waals surface area (Å²) in [6, 6.07) is 8.99. The van der Waals surface area contributed by atoms with Gasteiger partial charge in [-0.15, -0.1) is 0 Å². The van der Waals surface area contributed by atoms with Gasteiger partial charge in [-0.3, -0.25) is 14.9 Å². The van der Waals surface area contributed by atoms with E-state index in [0.717, 1.165) is 31.8 Å². The molecule has 2 saturated heterocycles. The molecule has 1 atom stereocenters. The van der Waals surface area contributed by atoms with Crippen molar-refractivity contribution in [2.45, 2.75) is 38.3 Å². The van der Waals surface area contributed by atoms with Gasteiger partial charge in [0.15, 0.2) is 28.1 Å². The molecular weight excluding hydrogens is 450 g/mol. The molecule has 178 valence electrons. The Morgan fingerprint density at radius 3 is 2.64 bits per heavy atom. The Morgan fingerprint density at radius 1 is 1.18 bits per heavy atom. The van der Waals surface area contributed by atoms with Crippen LogP contribution in [0.1, 0.15) is 31.4 Å². The zero-order valence-electron chi connectivity index (χ0n) is 18.2. The monoisotopic (exact) mass is 477 g/mol. The molecule has 2 aromatic rings. The van der Waals surface area contributed by atoms with Crippen molar-refractivity contribution in [3.63, 3.8) is 0 Å². The largest absolute Gasteiger partial charge is 0.477 e. The molecule has 1 aromatic carbocycles. The zero-order valence-corrected chi connectivity index (χ0v) is 19.0. The van der Waals surface area contributed by atoms with E-state index in [9.17, 15) is 23.3 Å². The number of piperidine rings is 1. The van der Waals surface area contributed by atoms with E-state index in [1.165, 1.54) is 29.5 Å². The quantitative estimate of drug-likeness (QED) is 0.420. The van der Waals surface area contributed by atoms with Crippen LogP contribution in [0.25, 0.3) is 0 Å². The van der Waals surface area contributed by atoms with Crippen molar-refractivity contribution >= 4 is 27.3 Å². The number of ether oxygens (including phenoxy) is 1. The van der Waals surface area contributed by atoms with Crippen LogP contribution in [-0.4, -0.2) is 61.4 Å². The second-order valence-electron chi connectivity index (χ2n) is 8.38. The molecule has 0 aliphatic carbocycles. The molecule has 11 heteroatoms. The zero-order chi connectivity index (χ0) is 23.4. The molecule has 4 rings (SSSR count). The van der Waals surface area contributed by atoms with E-state index in [0.29, 0.717) is 12.2 Å². The molecule has 1 unspecified atom stereocenters. The van der Waals surface area contributed by atoms with Gasteiger partial charge in [-0.05, 0) is 37.8 Å². The summed E-state index contributed by atoms with van der Waals surface area (Å²) in [6.45, 7) is 1.49. The highest BCUT2D eigenvalue weighted by atomic mass is 32.2. The van der Waals surface area contributed by atoms with Crippen LogP contribution in [0.4, 0.5) is 11.6 Å². The lowest BCUT2D eigenvalue weighted by atomic mass is 10.1. The average Bonchev–Trinajstić information content (AvgIpc) is 3.42. The van der Waals surface area contributed by atoms with E-state index in [-0.39, 0.29) is 29.5 Å². The fourth-order valence-electron chi connectivity index (χ4n) is 4.30. The van der Waals surface area contributed by atoms with Gasteiger partial charge in [0.25, 0.3) is 5.91 Å². The topological polar surface area (TPSA) is 123 Å². The maximum Gasteiger partial charge on any atom is 0.310 e. The number of sulfone groups is 1. The van der Waals surface area contributed by atoms with Gasteiger partial charge in [0.1, 0.15) is 5.76 Å². The van der Waals surface area contributed by atoms with Crippen LogP contribution >= 0.6 is 0 Å². The summed E-state index contributed by atoms with van der Waals surface area (Å²) in [5.41, 5.74) is -0.238. The number of amides is 1. The number of anilines is 1. The summed E-state index contributed by atoms with van der Waals surface area (Å²) in [6.07, 6.45) is 3.73. The highest BCUT2D eigenvalue weighted by molar-refractivity contribution is 7.91. The molecule has 3 heterocycles. The Morgan fingerprint density at radius 2 is 1.94 bits per heavy atom. The van der Waals surface area contributed by atoms with Crippen LogP contribution in [0.15, 0.2) is 40.8 Å². The van der Waals surface area contributed by atoms with Crippen molar-refractivity contribution in [3.8, 4) is 5.75 Å². The first-order chi connectivity index (χ1) is 15.8. The lowest BCUT2D eigenvalue weighted by Crippen LogP contribution is -2.43. The summed E-state index contributed by atoms with van der Waals surface area (Å²) >= 11 is 0. The maximum absolute atomic E-state index is 13.1. The second-order valence-corrected chi connectivity index (χ2v) is 10.6. The lowest BCUT2D eigenvalue weighted by Gasteiger charge is -2.28. The summed E-state index contributed by atoms with van der Waals surface area (Å²) in [5.74, 6) is 0.728. The number of carbonyl (C=O) groups excluding carboxylic acids is 1. The number of nitro benzene ring substituents is 1. The number of para-hydroxylation sites is 2. The third-order valence-electron chi connectivity index (χ3n) is 6.02. The Kier molecular flexibility index (Phi) is 6.87. The van der Waals surface area contributed by atoms with Gasteiger partial charge in [0.05, 0.1) is 23.0 Å². The third-order valence-corrected chi connectivity index (χ3v) is 7.77. The number of benzene rings is 1. The molecule has 2 aliphatic heterocycles. The molecule has 33 heavy (non-hydrogen) atoms. The van der Waals surface area contributed by atoms with Crippen LogP contribution in [0.3, 0.4) is 0 Å². The fourth-order valence-corrected chi connectivity index (χ4v) is 6.03. The van der Waals surface area contributed by atoms with Crippen LogP contribution in [0.5, 0.6) is 5.75 Å². The number of rotatable bonds is 8. The summed E-state index contributed by atoms with van der Waals surface area (Å²) in [4.78, 5) is 27.3. The van der Waals surface area contributed by atoms with Crippen molar-refractivity contribution in [1.82, 2.24) is 4.90 Å². The highest BCUT2D eigenvalue weighted by Crippen LogP contribution is 2.28. The lowest BCUT2D eigenvalue weighted by molar-refractivity contribution is -0.385. The van der Waals surface area contributed by atoms with Crippen molar-refractivity contribution in [2.24, 2.45) is 0 Å². The van der Waals surface area contributed by atoms with Gasteiger partial charge >= 0.3 is 5.69 Å². The van der Waals surface area contributed by atoms with Crippen LogP contribution in [0, 0.1) is 10.1 Å². The predicted molar refractivity (Wildman–Crippen MR) is 121 cm³/mol. The molecule has 0 spiro atoms. The van der Waals surface area contributed by atoms with Gasteiger partial charge in [-0.25, -0.2) is 8.42 Å². The van der Waals surface area contributed by atoms with E-state index in [1.54, 1.807) is 12.1 Å². The van der Waals surface area contributed by atoms with E-state index < -0.39 is 33.3 Å². The second kappa shape index (κ2) is 9.82. The number of hydrogen-bond donors (Lipinski definition) is 0. The maximum atomic E-state index is 13.1. The fraction of sp³-hybridized carbons (Fsp3) is 0.500. The molecule has 1 amide bonds. The van der Waals surface area contributed by atoms with Crippen molar-refractivity contribution < 1.29 is 27.3 Å². The molecule has 2 fully saturated rings. The number of hydrogen-bond acceptors (Lipinski definition) is 8. The minimum atomic E-state index is -3.23. The van der Waals surface area contributed by atoms with Gasteiger partial charge in [0, 0.05) is 31.3 Å². The van der Waals surface area contributed by atoms with Crippen molar-refractivity contribution in [2.75, 3.05) is 36.1 Å². The molecule has 1 aromatic heterocycles. The standard InChI is InChI=1S/C22H27N3O7S/c26-21(15-31-20-7-3-2-6-19(20)25(27)28)24(17-10-13-33(29,30)16-17)14-18-8-9-22(32-18)23-11-4-1-5-12-23/h2-3,6-9,17H,1,4-5,10-16H2.